The van der Waals surface area contributed by atoms with Crippen molar-refractivity contribution in [3.8, 4) is 5.69 Å². The van der Waals surface area contributed by atoms with Gasteiger partial charge in [0.25, 0.3) is 5.91 Å². The van der Waals surface area contributed by atoms with E-state index in [-0.39, 0.29) is 23.6 Å². The van der Waals surface area contributed by atoms with Gasteiger partial charge < -0.3 is 9.64 Å². The van der Waals surface area contributed by atoms with Gasteiger partial charge in [-0.05, 0) is 57.9 Å². The van der Waals surface area contributed by atoms with Crippen molar-refractivity contribution in [2.45, 2.75) is 33.6 Å². The monoisotopic (exact) mass is 373 g/mol. The van der Waals surface area contributed by atoms with Crippen LogP contribution in [0, 0.1) is 25.6 Å². The molecule has 3 rings (SSSR count). The van der Waals surface area contributed by atoms with Gasteiger partial charge in [-0.15, -0.1) is 0 Å². The molecule has 7 heteroatoms. The second-order valence-electron chi connectivity index (χ2n) is 6.78. The number of amides is 1. The van der Waals surface area contributed by atoms with Crippen LogP contribution in [-0.4, -0.2) is 46.3 Å². The molecule has 2 aromatic rings. The summed E-state index contributed by atoms with van der Waals surface area (Å²) in [6.07, 6.45) is 1.49. The van der Waals surface area contributed by atoms with Gasteiger partial charge in [-0.2, -0.15) is 5.10 Å². The molecular weight excluding hydrogens is 349 g/mol. The molecule has 1 aromatic carbocycles. The van der Waals surface area contributed by atoms with Gasteiger partial charge in [-0.3, -0.25) is 9.59 Å². The van der Waals surface area contributed by atoms with E-state index in [9.17, 15) is 14.0 Å². The molecule has 0 saturated carbocycles. The summed E-state index contributed by atoms with van der Waals surface area (Å²) in [7, 11) is 0. The summed E-state index contributed by atoms with van der Waals surface area (Å²) >= 11 is 0. The van der Waals surface area contributed by atoms with Crippen molar-refractivity contribution in [3.05, 3.63) is 47.0 Å². The van der Waals surface area contributed by atoms with Gasteiger partial charge in [0.1, 0.15) is 5.82 Å². The van der Waals surface area contributed by atoms with Crippen LogP contribution in [0.3, 0.4) is 0 Å². The van der Waals surface area contributed by atoms with Crippen molar-refractivity contribution >= 4 is 11.9 Å². The molecule has 0 N–H and O–H groups in total. The molecule has 1 aromatic heterocycles. The average molecular weight is 373 g/mol. The number of rotatable bonds is 4. The summed E-state index contributed by atoms with van der Waals surface area (Å²) in [5, 5.41) is 4.46. The first-order valence-electron chi connectivity index (χ1n) is 9.20. The van der Waals surface area contributed by atoms with Gasteiger partial charge >= 0.3 is 5.97 Å². The Morgan fingerprint density at radius 1 is 1.26 bits per heavy atom. The molecule has 2 heterocycles. The van der Waals surface area contributed by atoms with E-state index in [4.69, 9.17) is 4.74 Å². The fourth-order valence-electron chi connectivity index (χ4n) is 3.56. The Morgan fingerprint density at radius 2 is 1.96 bits per heavy atom. The molecule has 1 aliphatic heterocycles. The zero-order valence-electron chi connectivity index (χ0n) is 15.9. The number of nitrogens with zero attached hydrogens (tertiary/aromatic N) is 3. The number of ether oxygens (including phenoxy) is 1. The van der Waals surface area contributed by atoms with E-state index in [1.807, 2.05) is 6.92 Å². The van der Waals surface area contributed by atoms with Gasteiger partial charge in [0.15, 0.2) is 0 Å². The van der Waals surface area contributed by atoms with Gasteiger partial charge in [-0.25, -0.2) is 9.07 Å². The lowest BCUT2D eigenvalue weighted by Crippen LogP contribution is -2.43. The number of carbonyl (C=O) groups excluding carboxylic acids is 2. The van der Waals surface area contributed by atoms with E-state index >= 15 is 0 Å². The van der Waals surface area contributed by atoms with Crippen LogP contribution in [0.4, 0.5) is 4.39 Å². The molecule has 1 fully saturated rings. The quantitative estimate of drug-likeness (QED) is 0.773. The number of aromatic nitrogens is 2. The molecule has 27 heavy (non-hydrogen) atoms. The predicted octanol–water partition coefficient (Wildman–Crippen LogP) is 3.04. The summed E-state index contributed by atoms with van der Waals surface area (Å²) in [6, 6.07) is 5.98. The maximum Gasteiger partial charge on any atom is 0.310 e. The number of aryl methyl sites for hydroxylation is 1. The van der Waals surface area contributed by atoms with Crippen molar-refractivity contribution in [2.75, 3.05) is 19.7 Å². The highest BCUT2D eigenvalue weighted by Gasteiger charge is 2.32. The summed E-state index contributed by atoms with van der Waals surface area (Å²) < 4.78 is 19.9. The minimum absolute atomic E-state index is 0.132. The van der Waals surface area contributed by atoms with Crippen LogP contribution < -0.4 is 0 Å². The summed E-state index contributed by atoms with van der Waals surface area (Å²) in [6.45, 7) is 6.69. The van der Waals surface area contributed by atoms with E-state index < -0.39 is 0 Å². The molecule has 1 aliphatic rings. The smallest absolute Gasteiger partial charge is 0.310 e. The second kappa shape index (κ2) is 7.90. The molecule has 1 amide bonds. The Hall–Kier alpha value is -2.70. The van der Waals surface area contributed by atoms with E-state index in [1.165, 1.54) is 12.1 Å². The SMILES string of the molecule is CCOC(=O)C1CCCN(C(=O)c2c(C)nn(-c3ccc(F)cc3)c2C)C1. The molecule has 0 spiro atoms. The summed E-state index contributed by atoms with van der Waals surface area (Å²) in [5.74, 6) is -0.983. The third-order valence-electron chi connectivity index (χ3n) is 4.90. The third kappa shape index (κ3) is 3.86. The molecule has 1 atom stereocenters. The predicted molar refractivity (Wildman–Crippen MR) is 98.3 cm³/mol. The van der Waals surface area contributed by atoms with Crippen LogP contribution in [0.25, 0.3) is 5.69 Å². The van der Waals surface area contributed by atoms with Gasteiger partial charge in [0.2, 0.25) is 0 Å². The van der Waals surface area contributed by atoms with Gasteiger partial charge in [0.05, 0.1) is 35.2 Å². The molecule has 0 aliphatic carbocycles. The average Bonchev–Trinajstić information content (AvgIpc) is 2.96. The van der Waals surface area contributed by atoms with Crippen LogP contribution >= 0.6 is 0 Å². The van der Waals surface area contributed by atoms with Crippen LogP contribution in [0.5, 0.6) is 0 Å². The van der Waals surface area contributed by atoms with Crippen LogP contribution in [0.15, 0.2) is 24.3 Å². The minimum atomic E-state index is -0.324. The lowest BCUT2D eigenvalue weighted by Gasteiger charge is -2.31. The zero-order chi connectivity index (χ0) is 19.6. The fraction of sp³-hybridized carbons (Fsp3) is 0.450. The number of esters is 1. The largest absolute Gasteiger partial charge is 0.466 e. The molecule has 0 bridgehead atoms. The number of benzene rings is 1. The highest BCUT2D eigenvalue weighted by molar-refractivity contribution is 5.97. The Bertz CT molecular complexity index is 845. The normalized spacial score (nSPS) is 17.0. The number of carbonyl (C=O) groups is 2. The Kier molecular flexibility index (Phi) is 5.58. The van der Waals surface area contributed by atoms with Crippen LogP contribution in [0.1, 0.15) is 41.5 Å². The van der Waals surface area contributed by atoms with Crippen LogP contribution in [-0.2, 0) is 9.53 Å². The number of hydrogen-bond donors (Lipinski definition) is 0. The Morgan fingerprint density at radius 3 is 2.63 bits per heavy atom. The van der Waals surface area contributed by atoms with Crippen molar-refractivity contribution in [1.82, 2.24) is 14.7 Å². The molecular formula is C20H24FN3O3. The van der Waals surface area contributed by atoms with Crippen molar-refractivity contribution in [1.29, 1.82) is 0 Å². The highest BCUT2D eigenvalue weighted by atomic mass is 19.1. The van der Waals surface area contributed by atoms with Gasteiger partial charge in [0, 0.05) is 13.1 Å². The molecule has 6 nitrogen and oxygen atoms in total. The lowest BCUT2D eigenvalue weighted by atomic mass is 9.97. The summed E-state index contributed by atoms with van der Waals surface area (Å²) in [4.78, 5) is 26.9. The molecule has 1 unspecified atom stereocenters. The van der Waals surface area contributed by atoms with Crippen molar-refractivity contribution in [3.63, 3.8) is 0 Å². The minimum Gasteiger partial charge on any atom is -0.466 e. The molecule has 1 saturated heterocycles. The number of likely N-dealkylation sites (tertiary alicyclic amines) is 1. The Balaban J connectivity index is 1.84. The van der Waals surface area contributed by atoms with E-state index in [1.54, 1.807) is 35.6 Å². The number of hydrogen-bond acceptors (Lipinski definition) is 4. The highest BCUT2D eigenvalue weighted by Crippen LogP contribution is 2.24. The maximum atomic E-state index is 13.2. The van der Waals surface area contributed by atoms with E-state index in [0.29, 0.717) is 42.3 Å². The van der Waals surface area contributed by atoms with Crippen molar-refractivity contribution < 1.29 is 18.7 Å². The van der Waals surface area contributed by atoms with Gasteiger partial charge in [-0.1, -0.05) is 0 Å². The van der Waals surface area contributed by atoms with E-state index in [2.05, 4.69) is 5.10 Å². The number of halogens is 1. The fourth-order valence-corrected chi connectivity index (χ4v) is 3.56. The topological polar surface area (TPSA) is 64.4 Å². The first kappa shape index (κ1) is 19.1. The molecule has 0 radical (unpaired) electrons. The lowest BCUT2D eigenvalue weighted by molar-refractivity contribution is -0.149. The first-order valence-corrected chi connectivity index (χ1v) is 9.20. The maximum absolute atomic E-state index is 13.2. The standard InChI is InChI=1S/C20H24FN3O3/c1-4-27-20(26)15-6-5-11-23(12-15)19(25)18-13(2)22-24(14(18)3)17-9-7-16(21)8-10-17/h7-10,15H,4-6,11-12H2,1-3H3. The Labute approximate surface area is 157 Å². The number of piperidine rings is 1. The zero-order valence-corrected chi connectivity index (χ0v) is 15.9. The van der Waals surface area contributed by atoms with Crippen molar-refractivity contribution in [2.24, 2.45) is 5.92 Å². The third-order valence-corrected chi connectivity index (χ3v) is 4.90. The molecule has 144 valence electrons. The van der Waals surface area contributed by atoms with Crippen LogP contribution in [0.2, 0.25) is 0 Å². The van der Waals surface area contributed by atoms with E-state index in [0.717, 1.165) is 12.8 Å². The second-order valence-corrected chi connectivity index (χ2v) is 6.78. The summed E-state index contributed by atoms with van der Waals surface area (Å²) in [5.41, 5.74) is 2.53. The first-order chi connectivity index (χ1) is 12.9.